The van der Waals surface area contributed by atoms with E-state index >= 15 is 0 Å². The fourth-order valence-corrected chi connectivity index (χ4v) is 6.06. The summed E-state index contributed by atoms with van der Waals surface area (Å²) in [5, 5.41) is 3.65. The molecule has 184 valence electrons. The molecule has 0 unspecified atom stereocenters. The smallest absolute Gasteiger partial charge is 0.251 e. The lowest BCUT2D eigenvalue weighted by Crippen LogP contribution is -2.41. The number of nitrogens with one attached hydrogen (secondary N) is 1. The maximum atomic E-state index is 13.5. The second-order valence-electron chi connectivity index (χ2n) is 9.25. The van der Waals surface area contributed by atoms with Gasteiger partial charge in [-0.1, -0.05) is 73.8 Å². The SMILES string of the molecule is C[C@@H]1CCCC[C@H]1NC(=O)c1ccc(CN(Cc2ccccc2)S(=O)(=O)c2ccc(Cl)cc2)cc1. The van der Waals surface area contributed by atoms with E-state index in [0.717, 1.165) is 30.4 Å². The topological polar surface area (TPSA) is 66.5 Å². The van der Waals surface area contributed by atoms with Crippen LogP contribution < -0.4 is 5.32 Å². The van der Waals surface area contributed by atoms with Crippen LogP contribution in [0.1, 0.15) is 54.1 Å². The summed E-state index contributed by atoms with van der Waals surface area (Å²) in [6.07, 6.45) is 4.53. The summed E-state index contributed by atoms with van der Waals surface area (Å²) in [5.41, 5.74) is 2.28. The first-order valence-corrected chi connectivity index (χ1v) is 13.8. The van der Waals surface area contributed by atoms with E-state index in [1.165, 1.54) is 22.9 Å². The molecule has 0 radical (unpaired) electrons. The highest BCUT2D eigenvalue weighted by Crippen LogP contribution is 2.25. The lowest BCUT2D eigenvalue weighted by Gasteiger charge is -2.29. The summed E-state index contributed by atoms with van der Waals surface area (Å²) in [5.74, 6) is 0.404. The number of carbonyl (C=O) groups is 1. The first-order chi connectivity index (χ1) is 16.8. The highest BCUT2D eigenvalue weighted by molar-refractivity contribution is 7.89. The number of halogens is 1. The van der Waals surface area contributed by atoms with E-state index in [0.29, 0.717) is 16.5 Å². The van der Waals surface area contributed by atoms with E-state index in [1.54, 1.807) is 24.3 Å². The first kappa shape index (κ1) is 25.4. The zero-order chi connectivity index (χ0) is 24.8. The Morgan fingerprint density at radius 1 is 0.886 bits per heavy atom. The third-order valence-corrected chi connectivity index (χ3v) is 8.71. The van der Waals surface area contributed by atoms with Gasteiger partial charge in [-0.15, -0.1) is 0 Å². The van der Waals surface area contributed by atoms with E-state index in [2.05, 4.69) is 12.2 Å². The minimum Gasteiger partial charge on any atom is -0.349 e. The van der Waals surface area contributed by atoms with Crippen LogP contribution in [-0.2, 0) is 23.1 Å². The maximum Gasteiger partial charge on any atom is 0.251 e. The third-order valence-electron chi connectivity index (χ3n) is 6.66. The number of nitrogens with zero attached hydrogens (tertiary/aromatic N) is 1. The Bertz CT molecular complexity index is 1230. The number of hydrogen-bond acceptors (Lipinski definition) is 3. The van der Waals surface area contributed by atoms with Gasteiger partial charge in [0.25, 0.3) is 5.91 Å². The van der Waals surface area contributed by atoms with E-state index in [9.17, 15) is 13.2 Å². The van der Waals surface area contributed by atoms with Crippen molar-refractivity contribution in [1.29, 1.82) is 0 Å². The number of sulfonamides is 1. The van der Waals surface area contributed by atoms with Gasteiger partial charge in [-0.25, -0.2) is 8.42 Å². The van der Waals surface area contributed by atoms with Crippen LogP contribution in [0.5, 0.6) is 0 Å². The van der Waals surface area contributed by atoms with Crippen molar-refractivity contribution in [1.82, 2.24) is 9.62 Å². The highest BCUT2D eigenvalue weighted by Gasteiger charge is 2.26. The van der Waals surface area contributed by atoms with Gasteiger partial charge < -0.3 is 5.32 Å². The molecule has 1 aliphatic carbocycles. The van der Waals surface area contributed by atoms with Gasteiger partial charge in [0.05, 0.1) is 4.90 Å². The molecule has 0 bridgehead atoms. The molecule has 1 amide bonds. The first-order valence-electron chi connectivity index (χ1n) is 12.0. The summed E-state index contributed by atoms with van der Waals surface area (Å²) in [6, 6.07) is 23.1. The molecule has 1 fully saturated rings. The molecule has 7 heteroatoms. The maximum absolute atomic E-state index is 13.5. The molecular formula is C28H31ClN2O3S. The van der Waals surface area contributed by atoms with Crippen LogP contribution in [0.25, 0.3) is 0 Å². The third kappa shape index (κ3) is 6.51. The van der Waals surface area contributed by atoms with Gasteiger partial charge in [-0.05, 0) is 66.3 Å². The molecule has 1 N–H and O–H groups in total. The molecule has 35 heavy (non-hydrogen) atoms. The number of carbonyl (C=O) groups excluding carboxylic acids is 1. The Kier molecular flexibility index (Phi) is 8.26. The zero-order valence-electron chi connectivity index (χ0n) is 19.9. The molecule has 2 atom stereocenters. The molecule has 0 spiro atoms. The van der Waals surface area contributed by atoms with Crippen molar-refractivity contribution in [3.8, 4) is 0 Å². The molecule has 0 aliphatic heterocycles. The largest absolute Gasteiger partial charge is 0.349 e. The summed E-state index contributed by atoms with van der Waals surface area (Å²) in [4.78, 5) is 13.0. The minimum absolute atomic E-state index is 0.0785. The Morgan fingerprint density at radius 3 is 2.11 bits per heavy atom. The standard InChI is InChI=1S/C28H31ClN2O3S/c1-21-7-5-6-10-27(21)30-28(32)24-13-11-23(12-14-24)20-31(19-22-8-3-2-4-9-22)35(33,34)26-17-15-25(29)16-18-26/h2-4,8-9,11-18,21,27H,5-7,10,19-20H2,1H3,(H,30,32)/t21-,27-/m1/s1. The van der Waals surface area contributed by atoms with Crippen molar-refractivity contribution in [3.63, 3.8) is 0 Å². The fraction of sp³-hybridized carbons (Fsp3) is 0.321. The molecule has 4 rings (SSSR count). The minimum atomic E-state index is -3.77. The lowest BCUT2D eigenvalue weighted by atomic mass is 9.86. The summed E-state index contributed by atoms with van der Waals surface area (Å²) < 4.78 is 28.4. The van der Waals surface area contributed by atoms with Crippen molar-refractivity contribution < 1.29 is 13.2 Å². The van der Waals surface area contributed by atoms with Gasteiger partial charge in [-0.2, -0.15) is 4.31 Å². The Morgan fingerprint density at radius 2 is 1.49 bits per heavy atom. The van der Waals surface area contributed by atoms with Gasteiger partial charge in [-0.3, -0.25) is 4.79 Å². The molecule has 1 saturated carbocycles. The summed E-state index contributed by atoms with van der Waals surface area (Å²) >= 11 is 5.97. The lowest BCUT2D eigenvalue weighted by molar-refractivity contribution is 0.0910. The van der Waals surface area contributed by atoms with E-state index in [-0.39, 0.29) is 29.9 Å². The highest BCUT2D eigenvalue weighted by atomic mass is 35.5. The number of hydrogen-bond donors (Lipinski definition) is 1. The molecule has 1 aliphatic rings. The molecule has 5 nitrogen and oxygen atoms in total. The summed E-state index contributed by atoms with van der Waals surface area (Å²) in [6.45, 7) is 2.60. The van der Waals surface area contributed by atoms with Crippen molar-refractivity contribution in [3.05, 3.63) is 101 Å². The fourth-order valence-electron chi connectivity index (χ4n) is 4.52. The van der Waals surface area contributed by atoms with Crippen LogP contribution in [0.4, 0.5) is 0 Å². The second kappa shape index (κ2) is 11.4. The van der Waals surface area contributed by atoms with Crippen molar-refractivity contribution in [2.24, 2.45) is 5.92 Å². The van der Waals surface area contributed by atoms with E-state index in [1.807, 2.05) is 42.5 Å². The van der Waals surface area contributed by atoms with Crippen molar-refractivity contribution >= 4 is 27.5 Å². The predicted octanol–water partition coefficient (Wildman–Crippen LogP) is 6.04. The van der Waals surface area contributed by atoms with Crippen LogP contribution >= 0.6 is 11.6 Å². The average Bonchev–Trinajstić information content (AvgIpc) is 2.86. The van der Waals surface area contributed by atoms with Crippen LogP contribution in [-0.4, -0.2) is 24.7 Å². The van der Waals surface area contributed by atoms with Crippen molar-refractivity contribution in [2.75, 3.05) is 0 Å². The van der Waals surface area contributed by atoms with E-state index in [4.69, 9.17) is 11.6 Å². The van der Waals surface area contributed by atoms with Gasteiger partial charge in [0, 0.05) is 29.7 Å². The van der Waals surface area contributed by atoms with Crippen LogP contribution in [0, 0.1) is 5.92 Å². The number of rotatable bonds is 8. The summed E-state index contributed by atoms with van der Waals surface area (Å²) in [7, 11) is -3.77. The van der Waals surface area contributed by atoms with Crippen molar-refractivity contribution in [2.45, 2.75) is 56.6 Å². The quantitative estimate of drug-likeness (QED) is 0.401. The molecule has 0 aromatic heterocycles. The number of amides is 1. The van der Waals surface area contributed by atoms with Gasteiger partial charge in [0.1, 0.15) is 0 Å². The monoisotopic (exact) mass is 510 g/mol. The van der Waals surface area contributed by atoms with Crippen LogP contribution in [0.3, 0.4) is 0 Å². The molecular weight excluding hydrogens is 480 g/mol. The van der Waals surface area contributed by atoms with Gasteiger partial charge in [0.2, 0.25) is 10.0 Å². The van der Waals surface area contributed by atoms with Crippen LogP contribution in [0.2, 0.25) is 5.02 Å². The van der Waals surface area contributed by atoms with Gasteiger partial charge >= 0.3 is 0 Å². The molecule has 0 heterocycles. The van der Waals surface area contributed by atoms with Crippen LogP contribution in [0.15, 0.2) is 83.8 Å². The normalized spacial score (nSPS) is 18.4. The predicted molar refractivity (Wildman–Crippen MR) is 140 cm³/mol. The second-order valence-corrected chi connectivity index (χ2v) is 11.6. The zero-order valence-corrected chi connectivity index (χ0v) is 21.4. The van der Waals surface area contributed by atoms with E-state index < -0.39 is 10.0 Å². The Hall–Kier alpha value is -2.67. The Labute approximate surface area is 213 Å². The molecule has 0 saturated heterocycles. The van der Waals surface area contributed by atoms with Gasteiger partial charge in [0.15, 0.2) is 0 Å². The number of benzene rings is 3. The Balaban J connectivity index is 1.52. The average molecular weight is 511 g/mol. The molecule has 3 aromatic carbocycles. The molecule has 3 aromatic rings.